The molecule has 0 radical (unpaired) electrons. The van der Waals surface area contributed by atoms with Gasteiger partial charge in [0.05, 0.1) is 0 Å². The molecule has 0 amide bonds. The molecule has 3 heterocycles. The normalized spacial score (nSPS) is 13.5. The van der Waals surface area contributed by atoms with E-state index in [1.807, 2.05) is 24.7 Å². The molecule has 0 aliphatic carbocycles. The maximum atomic E-state index is 4.68. The molecule has 0 aliphatic heterocycles. The number of hydrogen-bond donors (Lipinski definition) is 0. The second kappa shape index (κ2) is 5.56. The van der Waals surface area contributed by atoms with Crippen molar-refractivity contribution in [2.75, 3.05) is 0 Å². The Balaban J connectivity index is 1.97. The van der Waals surface area contributed by atoms with Crippen LogP contribution in [0, 0.1) is 0 Å². The third-order valence-electron chi connectivity index (χ3n) is 4.16. The molecule has 3 aromatic heterocycles. The van der Waals surface area contributed by atoms with Gasteiger partial charge in [0.25, 0.3) is 0 Å². The standard InChI is InChI=1S/C19H23N3/c1-14(16-7-5-9-20-12-16)11-15-8-6-10-22-17(19(2,3)4)13-21-18(15)22/h5-10,12-14H,11H2,1-4H3. The number of fused-ring (bicyclic) bond motifs is 1. The van der Waals surface area contributed by atoms with Crippen LogP contribution in [0.2, 0.25) is 0 Å². The fourth-order valence-electron chi connectivity index (χ4n) is 2.90. The van der Waals surface area contributed by atoms with E-state index in [4.69, 9.17) is 0 Å². The van der Waals surface area contributed by atoms with Gasteiger partial charge in [-0.05, 0) is 35.6 Å². The van der Waals surface area contributed by atoms with Crippen molar-refractivity contribution in [1.29, 1.82) is 0 Å². The monoisotopic (exact) mass is 293 g/mol. The summed E-state index contributed by atoms with van der Waals surface area (Å²) in [7, 11) is 0. The number of pyridine rings is 2. The molecule has 114 valence electrons. The van der Waals surface area contributed by atoms with Gasteiger partial charge < -0.3 is 4.40 Å². The largest absolute Gasteiger partial charge is 0.303 e. The van der Waals surface area contributed by atoms with Crippen LogP contribution in [-0.2, 0) is 11.8 Å². The minimum absolute atomic E-state index is 0.0903. The van der Waals surface area contributed by atoms with E-state index in [0.29, 0.717) is 5.92 Å². The summed E-state index contributed by atoms with van der Waals surface area (Å²) in [6.07, 6.45) is 8.86. The molecule has 3 rings (SSSR count). The van der Waals surface area contributed by atoms with Gasteiger partial charge in [-0.1, -0.05) is 39.8 Å². The lowest BCUT2D eigenvalue weighted by Crippen LogP contribution is -2.14. The van der Waals surface area contributed by atoms with Gasteiger partial charge in [-0.2, -0.15) is 0 Å². The SMILES string of the molecule is CC(Cc1cccn2c(C(C)(C)C)cnc12)c1cccnc1. The van der Waals surface area contributed by atoms with Gasteiger partial charge in [-0.25, -0.2) is 4.98 Å². The van der Waals surface area contributed by atoms with Crippen molar-refractivity contribution < 1.29 is 0 Å². The van der Waals surface area contributed by atoms with Crippen molar-refractivity contribution in [2.24, 2.45) is 0 Å². The Bertz CT molecular complexity index is 766. The Morgan fingerprint density at radius 3 is 2.64 bits per heavy atom. The lowest BCUT2D eigenvalue weighted by atomic mass is 9.92. The van der Waals surface area contributed by atoms with Crippen LogP contribution >= 0.6 is 0 Å². The fraction of sp³-hybridized carbons (Fsp3) is 0.368. The van der Waals surface area contributed by atoms with E-state index in [1.165, 1.54) is 16.8 Å². The molecule has 0 aliphatic rings. The zero-order chi connectivity index (χ0) is 15.7. The molecule has 1 atom stereocenters. The van der Waals surface area contributed by atoms with E-state index in [1.54, 1.807) is 0 Å². The highest BCUT2D eigenvalue weighted by atomic mass is 15.0. The molecule has 3 heteroatoms. The fourth-order valence-corrected chi connectivity index (χ4v) is 2.90. The van der Waals surface area contributed by atoms with Gasteiger partial charge >= 0.3 is 0 Å². The van der Waals surface area contributed by atoms with Crippen LogP contribution in [-0.4, -0.2) is 14.4 Å². The first-order valence-electron chi connectivity index (χ1n) is 7.82. The smallest absolute Gasteiger partial charge is 0.140 e. The Labute approximate surface area is 132 Å². The lowest BCUT2D eigenvalue weighted by Gasteiger charge is -2.18. The average molecular weight is 293 g/mol. The Morgan fingerprint density at radius 1 is 1.14 bits per heavy atom. The molecule has 3 nitrogen and oxygen atoms in total. The number of imidazole rings is 1. The molecule has 0 saturated carbocycles. The highest BCUT2D eigenvalue weighted by Gasteiger charge is 2.20. The molecule has 0 aromatic carbocycles. The predicted molar refractivity (Wildman–Crippen MR) is 90.2 cm³/mol. The number of hydrogen-bond acceptors (Lipinski definition) is 2. The third kappa shape index (κ3) is 2.76. The summed E-state index contributed by atoms with van der Waals surface area (Å²) in [5.41, 5.74) is 4.97. The molecule has 1 unspecified atom stereocenters. The van der Waals surface area contributed by atoms with Crippen LogP contribution in [0.5, 0.6) is 0 Å². The van der Waals surface area contributed by atoms with Crippen molar-refractivity contribution in [2.45, 2.75) is 45.4 Å². The summed E-state index contributed by atoms with van der Waals surface area (Å²) in [6.45, 7) is 8.91. The van der Waals surface area contributed by atoms with Gasteiger partial charge in [0.2, 0.25) is 0 Å². The molecule has 0 spiro atoms. The topological polar surface area (TPSA) is 30.2 Å². The van der Waals surface area contributed by atoms with Crippen LogP contribution in [0.15, 0.2) is 49.1 Å². The molecule has 3 aromatic rings. The number of aromatic nitrogens is 3. The first-order valence-corrected chi connectivity index (χ1v) is 7.82. The van der Waals surface area contributed by atoms with E-state index < -0.39 is 0 Å². The van der Waals surface area contributed by atoms with Crippen LogP contribution in [0.1, 0.15) is 50.4 Å². The highest BCUT2D eigenvalue weighted by Crippen LogP contribution is 2.26. The van der Waals surface area contributed by atoms with Gasteiger partial charge in [0.15, 0.2) is 0 Å². The molecular formula is C19H23N3. The third-order valence-corrected chi connectivity index (χ3v) is 4.16. The van der Waals surface area contributed by atoms with E-state index in [0.717, 1.165) is 12.1 Å². The van der Waals surface area contributed by atoms with Crippen LogP contribution < -0.4 is 0 Å². The minimum Gasteiger partial charge on any atom is -0.303 e. The number of nitrogens with zero attached hydrogens (tertiary/aromatic N) is 3. The Kier molecular flexibility index (Phi) is 3.73. The minimum atomic E-state index is 0.0903. The summed E-state index contributed by atoms with van der Waals surface area (Å²) in [4.78, 5) is 8.90. The van der Waals surface area contributed by atoms with E-state index in [9.17, 15) is 0 Å². The first kappa shape index (κ1) is 14.8. The van der Waals surface area contributed by atoms with Gasteiger partial charge in [0, 0.05) is 35.9 Å². The van der Waals surface area contributed by atoms with Crippen molar-refractivity contribution in [1.82, 2.24) is 14.4 Å². The summed E-state index contributed by atoms with van der Waals surface area (Å²) < 4.78 is 2.23. The van der Waals surface area contributed by atoms with Crippen molar-refractivity contribution in [3.8, 4) is 0 Å². The van der Waals surface area contributed by atoms with Gasteiger partial charge in [-0.15, -0.1) is 0 Å². The molecule has 0 bridgehead atoms. The van der Waals surface area contributed by atoms with Crippen LogP contribution in [0.4, 0.5) is 0 Å². The summed E-state index contributed by atoms with van der Waals surface area (Å²) >= 11 is 0. The summed E-state index contributed by atoms with van der Waals surface area (Å²) in [6, 6.07) is 8.44. The quantitative estimate of drug-likeness (QED) is 0.717. The van der Waals surface area contributed by atoms with Gasteiger partial charge in [0.1, 0.15) is 5.65 Å². The second-order valence-electron chi connectivity index (χ2n) is 7.01. The summed E-state index contributed by atoms with van der Waals surface area (Å²) in [5.74, 6) is 0.426. The highest BCUT2D eigenvalue weighted by molar-refractivity contribution is 5.50. The van der Waals surface area contributed by atoms with Crippen LogP contribution in [0.25, 0.3) is 5.65 Å². The zero-order valence-electron chi connectivity index (χ0n) is 13.7. The van der Waals surface area contributed by atoms with E-state index in [-0.39, 0.29) is 5.41 Å². The van der Waals surface area contributed by atoms with Crippen molar-refractivity contribution in [3.05, 3.63) is 65.9 Å². The Morgan fingerprint density at radius 2 is 1.95 bits per heavy atom. The van der Waals surface area contributed by atoms with E-state index in [2.05, 4.69) is 66.5 Å². The predicted octanol–water partition coefficient (Wildman–Crippen LogP) is 4.37. The molecule has 0 fully saturated rings. The molecule has 22 heavy (non-hydrogen) atoms. The average Bonchev–Trinajstić information content (AvgIpc) is 2.93. The van der Waals surface area contributed by atoms with E-state index >= 15 is 0 Å². The zero-order valence-corrected chi connectivity index (χ0v) is 13.7. The number of rotatable bonds is 3. The van der Waals surface area contributed by atoms with Crippen molar-refractivity contribution >= 4 is 5.65 Å². The maximum Gasteiger partial charge on any atom is 0.140 e. The molecular weight excluding hydrogens is 270 g/mol. The maximum absolute atomic E-state index is 4.68. The lowest BCUT2D eigenvalue weighted by molar-refractivity contribution is 0.563. The summed E-state index contributed by atoms with van der Waals surface area (Å²) in [5, 5.41) is 0. The van der Waals surface area contributed by atoms with Gasteiger partial charge in [-0.3, -0.25) is 4.98 Å². The molecule has 0 saturated heterocycles. The second-order valence-corrected chi connectivity index (χ2v) is 7.01. The Hall–Kier alpha value is -2.16. The van der Waals surface area contributed by atoms with Crippen molar-refractivity contribution in [3.63, 3.8) is 0 Å². The van der Waals surface area contributed by atoms with Crippen LogP contribution in [0.3, 0.4) is 0 Å². The molecule has 0 N–H and O–H groups in total. The first-order chi connectivity index (χ1) is 10.5.